The third-order valence-electron chi connectivity index (χ3n) is 5.33. The number of hydrogen-bond donors (Lipinski definition) is 1. The normalized spacial score (nSPS) is 16.6. The van der Waals surface area contributed by atoms with Gasteiger partial charge in [-0.25, -0.2) is 9.97 Å². The fourth-order valence-electron chi connectivity index (χ4n) is 3.89. The second-order valence-electron chi connectivity index (χ2n) is 7.73. The second-order valence-corrected chi connectivity index (χ2v) is 9.94. The van der Waals surface area contributed by atoms with Gasteiger partial charge in [-0.1, -0.05) is 17.4 Å². The van der Waals surface area contributed by atoms with E-state index in [1.54, 1.807) is 26.0 Å². The molecule has 0 aliphatic carbocycles. The van der Waals surface area contributed by atoms with E-state index in [0.717, 1.165) is 20.8 Å². The van der Waals surface area contributed by atoms with Gasteiger partial charge in [0.2, 0.25) is 5.78 Å². The van der Waals surface area contributed by atoms with E-state index in [1.807, 2.05) is 32.0 Å². The van der Waals surface area contributed by atoms with E-state index >= 15 is 0 Å². The Hall–Kier alpha value is -3.30. The molecule has 3 aromatic heterocycles. The highest BCUT2D eigenvalue weighted by atomic mass is 32.1. The van der Waals surface area contributed by atoms with Gasteiger partial charge in [0.05, 0.1) is 31.4 Å². The van der Waals surface area contributed by atoms with Crippen LogP contribution in [0.25, 0.3) is 10.2 Å². The maximum atomic E-state index is 13.5. The molecule has 0 radical (unpaired) electrons. The Morgan fingerprint density at radius 2 is 1.88 bits per heavy atom. The van der Waals surface area contributed by atoms with Crippen molar-refractivity contribution in [3.63, 3.8) is 0 Å². The van der Waals surface area contributed by atoms with Crippen molar-refractivity contribution in [1.29, 1.82) is 0 Å². The van der Waals surface area contributed by atoms with Crippen LogP contribution in [0, 0.1) is 27.7 Å². The summed E-state index contributed by atoms with van der Waals surface area (Å²) in [5.41, 5.74) is 2.36. The van der Waals surface area contributed by atoms with Crippen LogP contribution in [-0.4, -0.2) is 26.8 Å². The third kappa shape index (κ3) is 3.16. The molecule has 0 bridgehead atoms. The summed E-state index contributed by atoms with van der Waals surface area (Å²) >= 11 is 2.57. The molecule has 1 aliphatic rings. The molecule has 1 unspecified atom stereocenters. The van der Waals surface area contributed by atoms with Crippen molar-refractivity contribution in [2.75, 3.05) is 4.90 Å². The number of thiazole rings is 2. The summed E-state index contributed by atoms with van der Waals surface area (Å²) in [5, 5.41) is 12.0. The van der Waals surface area contributed by atoms with E-state index in [2.05, 4.69) is 9.97 Å². The van der Waals surface area contributed by atoms with Gasteiger partial charge in [-0.2, -0.15) is 0 Å². The molecular formula is C23H19N3O4S2. The molecule has 4 heterocycles. The van der Waals surface area contributed by atoms with Crippen LogP contribution >= 0.6 is 22.7 Å². The van der Waals surface area contributed by atoms with Crippen LogP contribution in [0.2, 0.25) is 0 Å². The van der Waals surface area contributed by atoms with E-state index in [1.165, 1.54) is 27.6 Å². The highest BCUT2D eigenvalue weighted by Crippen LogP contribution is 2.45. The number of furan rings is 1. The number of aromatic nitrogens is 2. The molecule has 1 N–H and O–H groups in total. The highest BCUT2D eigenvalue weighted by Gasteiger charge is 2.48. The Balaban J connectivity index is 1.68. The van der Waals surface area contributed by atoms with E-state index in [9.17, 15) is 14.7 Å². The minimum atomic E-state index is -0.924. The monoisotopic (exact) mass is 465 g/mol. The van der Waals surface area contributed by atoms with E-state index < -0.39 is 23.5 Å². The zero-order chi connectivity index (χ0) is 22.7. The molecular weight excluding hydrogens is 446 g/mol. The lowest BCUT2D eigenvalue weighted by Crippen LogP contribution is -2.30. The Labute approximate surface area is 191 Å². The molecule has 0 saturated carbocycles. The zero-order valence-electron chi connectivity index (χ0n) is 17.8. The van der Waals surface area contributed by atoms with Crippen LogP contribution in [0.1, 0.15) is 43.5 Å². The maximum absolute atomic E-state index is 13.5. The minimum absolute atomic E-state index is 0.0217. The number of hydrogen-bond acceptors (Lipinski definition) is 8. The van der Waals surface area contributed by atoms with Crippen molar-refractivity contribution in [3.05, 3.63) is 74.3 Å². The van der Waals surface area contributed by atoms with Crippen molar-refractivity contribution in [2.45, 2.75) is 33.7 Å². The summed E-state index contributed by atoms with van der Waals surface area (Å²) in [6.07, 6.45) is 0. The van der Waals surface area contributed by atoms with Crippen molar-refractivity contribution in [1.82, 2.24) is 9.97 Å². The zero-order valence-corrected chi connectivity index (χ0v) is 19.4. The highest BCUT2D eigenvalue weighted by molar-refractivity contribution is 7.22. The van der Waals surface area contributed by atoms with Crippen LogP contribution in [0.3, 0.4) is 0 Å². The number of aryl methyl sites for hydroxylation is 4. The molecule has 32 heavy (non-hydrogen) atoms. The number of rotatable bonds is 4. The smallest absolute Gasteiger partial charge is 0.296 e. The Morgan fingerprint density at radius 1 is 1.09 bits per heavy atom. The van der Waals surface area contributed by atoms with Crippen molar-refractivity contribution < 1.29 is 19.1 Å². The average molecular weight is 466 g/mol. The summed E-state index contributed by atoms with van der Waals surface area (Å²) in [7, 11) is 0. The summed E-state index contributed by atoms with van der Waals surface area (Å²) < 4.78 is 6.75. The van der Waals surface area contributed by atoms with Gasteiger partial charge in [-0.3, -0.25) is 14.5 Å². The Bertz CT molecular complexity index is 1440. The maximum Gasteiger partial charge on any atom is 0.296 e. The van der Waals surface area contributed by atoms with Gasteiger partial charge in [0.15, 0.2) is 10.9 Å². The SMILES string of the molecule is Cc1ccc2nc(N3C(=O)C(O)=C(C(=O)c4sc(C)nc4C)C3c3ccc(C)o3)sc2c1. The largest absolute Gasteiger partial charge is 0.503 e. The van der Waals surface area contributed by atoms with Gasteiger partial charge in [0.25, 0.3) is 5.91 Å². The molecule has 5 rings (SSSR count). The number of ketones is 1. The van der Waals surface area contributed by atoms with Crippen LogP contribution < -0.4 is 4.90 Å². The lowest BCUT2D eigenvalue weighted by atomic mass is 10.00. The molecule has 1 atom stereocenters. The number of carbonyl (C=O) groups is 2. The van der Waals surface area contributed by atoms with Crippen LogP contribution in [-0.2, 0) is 4.79 Å². The number of benzene rings is 1. The number of nitrogens with zero attached hydrogens (tertiary/aromatic N) is 3. The number of carbonyl (C=O) groups excluding carboxylic acids is 2. The van der Waals surface area contributed by atoms with Gasteiger partial charge in [-0.15, -0.1) is 11.3 Å². The molecule has 0 saturated heterocycles. The molecule has 0 spiro atoms. The quantitative estimate of drug-likeness (QED) is 0.408. The minimum Gasteiger partial charge on any atom is -0.503 e. The molecule has 7 nitrogen and oxygen atoms in total. The molecule has 1 aliphatic heterocycles. The molecule has 0 fully saturated rings. The first-order valence-corrected chi connectivity index (χ1v) is 11.6. The van der Waals surface area contributed by atoms with Crippen molar-refractivity contribution >= 4 is 49.7 Å². The van der Waals surface area contributed by atoms with Crippen molar-refractivity contribution in [3.8, 4) is 0 Å². The summed E-state index contributed by atoms with van der Waals surface area (Å²) in [5.74, 6) is -0.678. The molecule has 162 valence electrons. The Kier molecular flexibility index (Phi) is 4.75. The molecule has 1 aromatic carbocycles. The first-order chi connectivity index (χ1) is 15.2. The summed E-state index contributed by atoms with van der Waals surface area (Å²) in [6, 6.07) is 8.39. The van der Waals surface area contributed by atoms with Crippen LogP contribution in [0.4, 0.5) is 5.13 Å². The number of amides is 1. The fraction of sp³-hybridized carbons (Fsp3) is 0.217. The number of aliphatic hydroxyl groups is 1. The predicted molar refractivity (Wildman–Crippen MR) is 124 cm³/mol. The fourth-order valence-corrected chi connectivity index (χ4v) is 5.86. The van der Waals surface area contributed by atoms with Gasteiger partial charge in [0.1, 0.15) is 17.6 Å². The van der Waals surface area contributed by atoms with Crippen molar-refractivity contribution in [2.24, 2.45) is 0 Å². The predicted octanol–water partition coefficient (Wildman–Crippen LogP) is 5.36. The average Bonchev–Trinajstić information content (AvgIpc) is 3.48. The number of anilines is 1. The second kappa shape index (κ2) is 7.39. The lowest BCUT2D eigenvalue weighted by molar-refractivity contribution is -0.117. The topological polar surface area (TPSA) is 96.5 Å². The number of Topliss-reactive ketones (excluding diaryl/α,β-unsaturated/α-hetero) is 1. The van der Waals surface area contributed by atoms with Gasteiger partial charge >= 0.3 is 0 Å². The van der Waals surface area contributed by atoms with Crippen LogP contribution in [0.15, 0.2) is 46.1 Å². The lowest BCUT2D eigenvalue weighted by Gasteiger charge is -2.22. The van der Waals surface area contributed by atoms with Crippen LogP contribution in [0.5, 0.6) is 0 Å². The van der Waals surface area contributed by atoms with E-state index in [4.69, 9.17) is 4.42 Å². The van der Waals surface area contributed by atoms with E-state index in [0.29, 0.717) is 27.2 Å². The van der Waals surface area contributed by atoms with Gasteiger partial charge < -0.3 is 9.52 Å². The molecule has 1 amide bonds. The summed E-state index contributed by atoms with van der Waals surface area (Å²) in [6.45, 7) is 7.32. The molecule has 4 aromatic rings. The van der Waals surface area contributed by atoms with Gasteiger partial charge in [-0.05, 0) is 57.5 Å². The van der Waals surface area contributed by atoms with E-state index in [-0.39, 0.29) is 5.57 Å². The van der Waals surface area contributed by atoms with Gasteiger partial charge in [0, 0.05) is 0 Å². The number of aliphatic hydroxyl groups excluding tert-OH is 1. The third-order valence-corrected chi connectivity index (χ3v) is 7.42. The molecule has 9 heteroatoms. The first kappa shape index (κ1) is 20.6. The Morgan fingerprint density at radius 3 is 2.53 bits per heavy atom. The number of fused-ring (bicyclic) bond motifs is 1. The summed E-state index contributed by atoms with van der Waals surface area (Å²) in [4.78, 5) is 37.5. The standard InChI is InChI=1S/C23H19N3O4S2/c1-10-5-7-14-16(9-10)32-23(25-14)26-18(15-8-6-11(2)30-15)17(20(28)22(26)29)19(27)21-12(3)24-13(4)31-21/h5-9,18,28H,1-4H3. The first-order valence-electron chi connectivity index (χ1n) is 9.93.